The number of methoxy groups -OCH3 is 3. The van der Waals surface area contributed by atoms with Crippen molar-refractivity contribution >= 4 is 35.0 Å². The number of carbonyl (C=O) groups excluding carboxylic acids is 1. The van der Waals surface area contributed by atoms with Gasteiger partial charge in [-0.25, -0.2) is 14.4 Å². The molecule has 22 nitrogen and oxygen atoms in total. The Bertz CT molecular complexity index is 2370. The Balaban J connectivity index is 1.34. The summed E-state index contributed by atoms with van der Waals surface area (Å²) >= 11 is 0. The van der Waals surface area contributed by atoms with E-state index >= 15 is 0 Å². The number of carboxylic acids is 2. The van der Waals surface area contributed by atoms with Gasteiger partial charge in [0.05, 0.1) is 21.3 Å². The predicted molar refractivity (Wildman–Crippen MR) is 200 cm³/mol. The minimum Gasteiger partial charge on any atom is -0.507 e. The van der Waals surface area contributed by atoms with Crippen molar-refractivity contribution in [1.29, 1.82) is 0 Å². The fourth-order valence-corrected chi connectivity index (χ4v) is 6.47. The van der Waals surface area contributed by atoms with E-state index in [-0.39, 0.29) is 51.0 Å². The van der Waals surface area contributed by atoms with Crippen LogP contribution in [-0.2, 0) is 33.3 Å². The van der Waals surface area contributed by atoms with Crippen molar-refractivity contribution in [3.8, 4) is 51.6 Å². The first-order chi connectivity index (χ1) is 28.9. The average molecular weight is 859 g/mol. The van der Waals surface area contributed by atoms with E-state index in [0.717, 1.165) is 24.3 Å². The molecule has 0 amide bonds. The lowest BCUT2D eigenvalue weighted by atomic mass is 9.96. The smallest absolute Gasteiger partial charge is 0.335 e. The number of aliphatic hydroxyl groups is 4. The van der Waals surface area contributed by atoms with Crippen LogP contribution in [0.25, 0.3) is 28.4 Å². The van der Waals surface area contributed by atoms with Gasteiger partial charge in [-0.15, -0.1) is 0 Å². The van der Waals surface area contributed by atoms with Crippen LogP contribution in [0.2, 0.25) is 0 Å². The molecule has 3 heterocycles. The third kappa shape index (κ3) is 8.95. The highest BCUT2D eigenvalue weighted by Crippen LogP contribution is 2.41. The minimum absolute atomic E-state index is 0.0477. The van der Waals surface area contributed by atoms with Crippen molar-refractivity contribution < 1.29 is 103 Å². The summed E-state index contributed by atoms with van der Waals surface area (Å²) < 4.78 is 49.0. The molecule has 0 saturated carbocycles. The topological polar surface area (TPSA) is 337 Å². The van der Waals surface area contributed by atoms with E-state index in [1.807, 2.05) is 0 Å². The highest BCUT2D eigenvalue weighted by atomic mass is 16.8. The van der Waals surface area contributed by atoms with Crippen molar-refractivity contribution in [3.63, 3.8) is 0 Å². The summed E-state index contributed by atoms with van der Waals surface area (Å²) in [5, 5.41) is 93.9. The second-order valence-corrected chi connectivity index (χ2v) is 13.4. The molecule has 3 aromatic carbocycles. The van der Waals surface area contributed by atoms with Gasteiger partial charge in [0.25, 0.3) is 0 Å². The summed E-state index contributed by atoms with van der Waals surface area (Å²) in [4.78, 5) is 50.4. The molecule has 6 rings (SSSR count). The SMILES string of the molecule is COc1cc(C=CC(=O)OC2C(OC3C(Oc4cc(O)c5c(=O)cc(-c6cc(OC)c(O)c(OC)c6)oc5c4)OC(C(=O)O)C(O)C3O)OC(C(=O)O)C(O)C2O)ccc1O. The van der Waals surface area contributed by atoms with Crippen LogP contribution in [0.1, 0.15) is 5.56 Å². The number of carbonyl (C=O) groups is 3. The molecule has 10 atom stereocenters. The van der Waals surface area contributed by atoms with Gasteiger partial charge in [-0.2, -0.15) is 0 Å². The largest absolute Gasteiger partial charge is 0.507 e. The Morgan fingerprint density at radius 2 is 1.28 bits per heavy atom. The van der Waals surface area contributed by atoms with Gasteiger partial charge in [-0.1, -0.05) is 6.07 Å². The number of fused-ring (bicyclic) bond motifs is 1. The zero-order valence-electron chi connectivity index (χ0n) is 31.9. The third-order valence-electron chi connectivity index (χ3n) is 9.54. The van der Waals surface area contributed by atoms with Gasteiger partial charge in [0.15, 0.2) is 59.1 Å². The van der Waals surface area contributed by atoms with Crippen LogP contribution in [0.4, 0.5) is 0 Å². The maximum atomic E-state index is 13.2. The summed E-state index contributed by atoms with van der Waals surface area (Å²) in [5.74, 6) is -6.68. The number of aliphatic hydroxyl groups excluding tert-OH is 4. The highest BCUT2D eigenvalue weighted by Gasteiger charge is 2.55. The first kappa shape index (κ1) is 43.9. The van der Waals surface area contributed by atoms with Gasteiger partial charge in [0.1, 0.15) is 52.6 Å². The number of carboxylic acid groups (broad SMARTS) is 2. The Morgan fingerprint density at radius 1 is 0.689 bits per heavy atom. The molecule has 0 radical (unpaired) electrons. The van der Waals surface area contributed by atoms with E-state index in [1.54, 1.807) is 0 Å². The van der Waals surface area contributed by atoms with Crippen LogP contribution in [0.3, 0.4) is 0 Å². The number of rotatable bonds is 13. The van der Waals surface area contributed by atoms with Gasteiger partial charge < -0.3 is 88.3 Å². The Morgan fingerprint density at radius 3 is 1.87 bits per heavy atom. The summed E-state index contributed by atoms with van der Waals surface area (Å²) in [6.45, 7) is 0. The van der Waals surface area contributed by atoms with Gasteiger partial charge in [-0.3, -0.25) is 4.79 Å². The number of hydrogen-bond acceptors (Lipinski definition) is 20. The van der Waals surface area contributed by atoms with Crippen LogP contribution in [-0.4, -0.2) is 147 Å². The molecule has 2 aliphatic rings. The lowest BCUT2D eigenvalue weighted by Gasteiger charge is -2.45. The fourth-order valence-electron chi connectivity index (χ4n) is 6.47. The Labute approximate surface area is 342 Å². The maximum absolute atomic E-state index is 13.2. The molecular weight excluding hydrogens is 820 g/mol. The van der Waals surface area contributed by atoms with Crippen molar-refractivity contribution in [2.24, 2.45) is 0 Å². The molecule has 22 heteroatoms. The van der Waals surface area contributed by atoms with Gasteiger partial charge in [0, 0.05) is 29.8 Å². The van der Waals surface area contributed by atoms with Crippen molar-refractivity contribution in [2.75, 3.05) is 21.3 Å². The van der Waals surface area contributed by atoms with E-state index in [0.29, 0.717) is 5.56 Å². The molecule has 326 valence electrons. The number of benzene rings is 3. The minimum atomic E-state index is -2.28. The molecule has 0 bridgehead atoms. The van der Waals surface area contributed by atoms with Crippen LogP contribution < -0.4 is 24.4 Å². The molecule has 9 N–H and O–H groups in total. The number of phenols is 3. The van der Waals surface area contributed by atoms with Gasteiger partial charge in [0.2, 0.25) is 12.0 Å². The number of phenolic OH excluding ortho intramolecular Hbond substituents is 3. The third-order valence-corrected chi connectivity index (χ3v) is 9.54. The molecule has 4 aromatic rings. The fraction of sp³-hybridized carbons (Fsp3) is 0.333. The van der Waals surface area contributed by atoms with E-state index in [1.165, 1.54) is 57.7 Å². The van der Waals surface area contributed by atoms with Crippen molar-refractivity contribution in [2.45, 2.75) is 61.4 Å². The molecule has 0 spiro atoms. The zero-order chi connectivity index (χ0) is 44.4. The van der Waals surface area contributed by atoms with Crippen LogP contribution in [0, 0.1) is 0 Å². The Kier molecular flexibility index (Phi) is 12.9. The standard InChI is InChI=1S/C39H38O22/c1-53-21-8-14(4-6-17(21)40)5-7-25(43)58-34-30(47)28(45)33(37(51)52)60-39(34)61-35-31(48)29(46)32(36(49)50)59-38(35)56-16-11-18(41)26-19(42)13-20(57-22(26)12-16)15-9-23(54-2)27(44)24(10-15)55-3/h4-13,28-35,38-41,44-48H,1-3H3,(H,49,50)(H,51,52). The van der Waals surface area contributed by atoms with Crippen LogP contribution in [0.15, 0.2) is 63.8 Å². The van der Waals surface area contributed by atoms with Gasteiger partial charge >= 0.3 is 17.9 Å². The number of ether oxygens (including phenoxy) is 8. The monoisotopic (exact) mass is 858 g/mol. The summed E-state index contributed by atoms with van der Waals surface area (Å²) in [7, 11) is 3.83. The maximum Gasteiger partial charge on any atom is 0.335 e. The molecule has 2 aliphatic heterocycles. The average Bonchev–Trinajstić information content (AvgIpc) is 3.22. The van der Waals surface area contributed by atoms with Crippen molar-refractivity contribution in [3.05, 3.63) is 70.4 Å². The van der Waals surface area contributed by atoms with Crippen LogP contribution in [0.5, 0.6) is 40.2 Å². The Hall–Kier alpha value is -6.66. The second kappa shape index (κ2) is 17.9. The van der Waals surface area contributed by atoms with E-state index in [2.05, 4.69) is 0 Å². The molecule has 1 aromatic heterocycles. The number of esters is 1. The first-order valence-electron chi connectivity index (χ1n) is 17.8. The molecule has 2 saturated heterocycles. The molecule has 10 unspecified atom stereocenters. The predicted octanol–water partition coefficient (Wildman–Crippen LogP) is 0.0544. The quantitative estimate of drug-likeness (QED) is 0.0634. The lowest BCUT2D eigenvalue weighted by Crippen LogP contribution is -2.66. The molecule has 61 heavy (non-hydrogen) atoms. The number of aromatic hydroxyl groups is 3. The summed E-state index contributed by atoms with van der Waals surface area (Å²) in [5.41, 5.74) is -0.582. The summed E-state index contributed by atoms with van der Waals surface area (Å²) in [6, 6.07) is 9.65. The lowest BCUT2D eigenvalue weighted by molar-refractivity contribution is -0.350. The molecular formula is C39H38O22. The zero-order valence-corrected chi connectivity index (χ0v) is 31.9. The first-order valence-corrected chi connectivity index (χ1v) is 17.8. The number of hydrogen-bond donors (Lipinski definition) is 9. The van der Waals surface area contributed by atoms with Crippen LogP contribution >= 0.6 is 0 Å². The highest BCUT2D eigenvalue weighted by molar-refractivity contribution is 5.88. The van der Waals surface area contributed by atoms with E-state index in [4.69, 9.17) is 42.3 Å². The van der Waals surface area contributed by atoms with E-state index in [9.17, 15) is 65.1 Å². The normalized spacial score (nSPS) is 26.4. The summed E-state index contributed by atoms with van der Waals surface area (Å²) in [6.07, 6.45) is -20.0. The van der Waals surface area contributed by atoms with Crippen molar-refractivity contribution in [1.82, 2.24) is 0 Å². The second-order valence-electron chi connectivity index (χ2n) is 13.4. The van der Waals surface area contributed by atoms with E-state index < -0.39 is 96.2 Å². The molecule has 0 aliphatic carbocycles. The molecule has 2 fully saturated rings. The number of aliphatic carboxylic acids is 2. The van der Waals surface area contributed by atoms with Gasteiger partial charge in [-0.05, 0) is 35.9 Å².